The molecule has 0 aliphatic carbocycles. The molecular formula is C33H51N7O9. The molecule has 0 saturated heterocycles. The molecule has 0 fully saturated rings. The van der Waals surface area contributed by atoms with Crippen LogP contribution in [0, 0.1) is 11.8 Å². The van der Waals surface area contributed by atoms with Crippen molar-refractivity contribution in [1.82, 2.24) is 31.5 Å². The molecule has 1 aromatic carbocycles. The van der Waals surface area contributed by atoms with Gasteiger partial charge in [-0.05, 0) is 57.7 Å². The highest BCUT2D eigenvalue weighted by Gasteiger charge is 2.35. The second kappa shape index (κ2) is 18.5. The first kappa shape index (κ1) is 42.0. The lowest BCUT2D eigenvalue weighted by Crippen LogP contribution is -2.60. The van der Waals surface area contributed by atoms with Gasteiger partial charge < -0.3 is 41.5 Å². The molecule has 2 unspecified atom stereocenters. The Labute approximate surface area is 287 Å². The SMILES string of the molecule is CNC(=O)c1cccc(NC(=O)C(=O)C(C)NC(=O)[C@H](CC(=O)N(C)C)NC(=O)C(NC(=O)[C@@H](NC(=O)OC(C)(C)C)C(C)C)C(C)C)c1. The van der Waals surface area contributed by atoms with E-state index < -0.39 is 95.3 Å². The van der Waals surface area contributed by atoms with Crippen LogP contribution in [0.2, 0.25) is 0 Å². The fourth-order valence-electron chi connectivity index (χ4n) is 4.23. The Hall–Kier alpha value is -5.02. The molecule has 0 aliphatic heterocycles. The molecule has 4 atom stereocenters. The number of amides is 7. The van der Waals surface area contributed by atoms with Crippen molar-refractivity contribution in [3.63, 3.8) is 0 Å². The number of hydrogen-bond acceptors (Lipinski definition) is 9. The molecule has 49 heavy (non-hydrogen) atoms. The number of carbonyl (C=O) groups is 8. The average molecular weight is 690 g/mol. The molecule has 0 heterocycles. The predicted molar refractivity (Wildman–Crippen MR) is 181 cm³/mol. The Morgan fingerprint density at radius 3 is 1.84 bits per heavy atom. The Balaban J connectivity index is 3.13. The van der Waals surface area contributed by atoms with E-state index in [4.69, 9.17) is 4.74 Å². The average Bonchev–Trinajstić information content (AvgIpc) is 2.99. The van der Waals surface area contributed by atoms with E-state index in [1.165, 1.54) is 57.2 Å². The number of nitrogens with one attached hydrogen (secondary N) is 6. The van der Waals surface area contributed by atoms with Crippen LogP contribution in [-0.4, -0.2) is 103 Å². The third-order valence-corrected chi connectivity index (χ3v) is 6.96. The maximum atomic E-state index is 13.5. The number of anilines is 1. The predicted octanol–water partition coefficient (Wildman–Crippen LogP) is 0.712. The van der Waals surface area contributed by atoms with Gasteiger partial charge in [0.2, 0.25) is 29.4 Å². The first-order valence-corrected chi connectivity index (χ1v) is 15.9. The van der Waals surface area contributed by atoms with Gasteiger partial charge in [-0.1, -0.05) is 33.8 Å². The third-order valence-electron chi connectivity index (χ3n) is 6.96. The third kappa shape index (κ3) is 13.9. The number of benzene rings is 1. The van der Waals surface area contributed by atoms with Gasteiger partial charge in [0, 0.05) is 32.4 Å². The van der Waals surface area contributed by atoms with E-state index in [-0.39, 0.29) is 11.3 Å². The Bertz CT molecular complexity index is 1400. The highest BCUT2D eigenvalue weighted by Crippen LogP contribution is 2.13. The van der Waals surface area contributed by atoms with Gasteiger partial charge in [0.05, 0.1) is 12.5 Å². The first-order chi connectivity index (χ1) is 22.6. The van der Waals surface area contributed by atoms with Gasteiger partial charge in [0.15, 0.2) is 0 Å². The Kier molecular flexibility index (Phi) is 15.9. The van der Waals surface area contributed by atoms with Crippen LogP contribution in [0.4, 0.5) is 10.5 Å². The summed E-state index contributed by atoms with van der Waals surface area (Å²) in [5.74, 6) is -6.35. The van der Waals surface area contributed by atoms with Gasteiger partial charge in [-0.15, -0.1) is 0 Å². The Morgan fingerprint density at radius 2 is 1.33 bits per heavy atom. The molecule has 0 bridgehead atoms. The monoisotopic (exact) mass is 689 g/mol. The minimum absolute atomic E-state index is 0.169. The zero-order valence-corrected chi connectivity index (χ0v) is 30.1. The summed E-state index contributed by atoms with van der Waals surface area (Å²) in [6, 6.07) is 0.725. The van der Waals surface area contributed by atoms with Gasteiger partial charge in [-0.25, -0.2) is 4.79 Å². The maximum absolute atomic E-state index is 13.5. The number of carbonyl (C=O) groups excluding carboxylic acids is 8. The van der Waals surface area contributed by atoms with Crippen LogP contribution in [0.5, 0.6) is 0 Å². The number of hydrogen-bond donors (Lipinski definition) is 6. The fraction of sp³-hybridized carbons (Fsp3) is 0.576. The van der Waals surface area contributed by atoms with Crippen molar-refractivity contribution in [1.29, 1.82) is 0 Å². The number of ether oxygens (including phenoxy) is 1. The topological polar surface area (TPSA) is 221 Å². The molecule has 7 amide bonds. The van der Waals surface area contributed by atoms with Gasteiger partial charge in [0.25, 0.3) is 11.8 Å². The highest BCUT2D eigenvalue weighted by atomic mass is 16.6. The van der Waals surface area contributed by atoms with E-state index in [0.29, 0.717) is 0 Å². The summed E-state index contributed by atoms with van der Waals surface area (Å²) >= 11 is 0. The summed E-state index contributed by atoms with van der Waals surface area (Å²) in [6.07, 6.45) is -1.32. The summed E-state index contributed by atoms with van der Waals surface area (Å²) in [4.78, 5) is 104. The largest absolute Gasteiger partial charge is 0.444 e. The fourth-order valence-corrected chi connectivity index (χ4v) is 4.23. The van der Waals surface area contributed by atoms with Crippen LogP contribution in [-0.2, 0) is 33.5 Å². The normalized spacial score (nSPS) is 13.6. The molecule has 272 valence electrons. The van der Waals surface area contributed by atoms with E-state index >= 15 is 0 Å². The van der Waals surface area contributed by atoms with Gasteiger partial charge >= 0.3 is 6.09 Å². The number of rotatable bonds is 15. The minimum atomic E-state index is -1.50. The molecule has 16 heteroatoms. The molecule has 0 aromatic heterocycles. The van der Waals surface area contributed by atoms with Crippen molar-refractivity contribution in [3.8, 4) is 0 Å². The standard InChI is InChI=1S/C33H51N7O9/c1-17(2)24(38-30(46)25(18(3)4)39-32(48)49-33(6,7)8)29(45)37-22(16-23(41)40(10)11)28(44)35-19(5)26(42)31(47)36-21-14-12-13-20(15-21)27(43)34-9/h12-15,17-19,22,24-25H,16H2,1-11H3,(H,34,43)(H,35,44)(H,36,47)(H,37,45)(H,38,46)(H,39,48)/t19?,22-,24?,25-/m0/s1. The number of ketones is 1. The minimum Gasteiger partial charge on any atom is -0.444 e. The van der Waals surface area contributed by atoms with Crippen LogP contribution >= 0.6 is 0 Å². The molecule has 0 saturated carbocycles. The van der Waals surface area contributed by atoms with Crippen LogP contribution < -0.4 is 31.9 Å². The number of alkyl carbamates (subject to hydrolysis) is 1. The van der Waals surface area contributed by atoms with E-state index in [0.717, 1.165) is 0 Å². The smallest absolute Gasteiger partial charge is 0.408 e. The summed E-state index contributed by atoms with van der Waals surface area (Å²) < 4.78 is 5.26. The zero-order chi connectivity index (χ0) is 37.8. The van der Waals surface area contributed by atoms with Gasteiger partial charge in [-0.2, -0.15) is 0 Å². The van der Waals surface area contributed by atoms with Crippen molar-refractivity contribution < 1.29 is 43.1 Å². The zero-order valence-electron chi connectivity index (χ0n) is 30.1. The molecule has 0 spiro atoms. The first-order valence-electron chi connectivity index (χ1n) is 15.9. The van der Waals surface area contributed by atoms with E-state index in [1.54, 1.807) is 48.5 Å². The maximum Gasteiger partial charge on any atom is 0.408 e. The lowest BCUT2D eigenvalue weighted by molar-refractivity contribution is -0.139. The van der Waals surface area contributed by atoms with Gasteiger partial charge in [-0.3, -0.25) is 33.6 Å². The summed E-state index contributed by atoms with van der Waals surface area (Å²) in [7, 11) is 4.35. The summed E-state index contributed by atoms with van der Waals surface area (Å²) in [5, 5.41) is 14.8. The molecule has 0 aliphatic rings. The second-order valence-corrected chi connectivity index (χ2v) is 13.4. The van der Waals surface area contributed by atoms with Crippen LogP contribution in [0.25, 0.3) is 0 Å². The van der Waals surface area contributed by atoms with Crippen molar-refractivity contribution in [2.24, 2.45) is 11.8 Å². The molecule has 16 nitrogen and oxygen atoms in total. The Morgan fingerprint density at radius 1 is 0.776 bits per heavy atom. The summed E-state index contributed by atoms with van der Waals surface area (Å²) in [6.45, 7) is 13.0. The molecule has 1 rings (SSSR count). The van der Waals surface area contributed by atoms with Crippen molar-refractivity contribution in [2.45, 2.75) is 91.6 Å². The number of Topliss-reactive ketones (excluding diaryl/α,β-unsaturated/α-hetero) is 1. The van der Waals surface area contributed by atoms with Crippen LogP contribution in [0.15, 0.2) is 24.3 Å². The van der Waals surface area contributed by atoms with Crippen molar-refractivity contribution >= 4 is 53.0 Å². The molecule has 6 N–H and O–H groups in total. The van der Waals surface area contributed by atoms with Crippen LogP contribution in [0.3, 0.4) is 0 Å². The van der Waals surface area contributed by atoms with Crippen molar-refractivity contribution in [2.75, 3.05) is 26.5 Å². The lowest BCUT2D eigenvalue weighted by atomic mass is 9.99. The van der Waals surface area contributed by atoms with Gasteiger partial charge in [0.1, 0.15) is 23.7 Å². The number of nitrogens with zero attached hydrogens (tertiary/aromatic N) is 1. The molecule has 0 radical (unpaired) electrons. The van der Waals surface area contributed by atoms with E-state index in [9.17, 15) is 38.4 Å². The molecule has 1 aromatic rings. The van der Waals surface area contributed by atoms with Crippen molar-refractivity contribution in [3.05, 3.63) is 29.8 Å². The van der Waals surface area contributed by atoms with Crippen LogP contribution in [0.1, 0.15) is 72.2 Å². The van der Waals surface area contributed by atoms with E-state index in [1.807, 2.05) is 0 Å². The lowest BCUT2D eigenvalue weighted by Gasteiger charge is -2.29. The highest BCUT2D eigenvalue weighted by molar-refractivity contribution is 6.42. The quantitative estimate of drug-likeness (QED) is 0.143. The molecular weight excluding hydrogens is 638 g/mol. The summed E-state index contributed by atoms with van der Waals surface area (Å²) in [5.41, 5.74) is -0.399. The van der Waals surface area contributed by atoms with E-state index in [2.05, 4.69) is 31.9 Å². The second-order valence-electron chi connectivity index (χ2n) is 13.4.